The van der Waals surface area contributed by atoms with E-state index in [1.807, 2.05) is 0 Å². The number of carbonyl (C=O) groups excluding carboxylic acids is 2. The van der Waals surface area contributed by atoms with Gasteiger partial charge in [-0.1, -0.05) is 0 Å². The summed E-state index contributed by atoms with van der Waals surface area (Å²) in [4.78, 5) is 37.4. The van der Waals surface area contributed by atoms with Gasteiger partial charge in [-0.3, -0.25) is 4.79 Å². The number of urea groups is 1. The van der Waals surface area contributed by atoms with Gasteiger partial charge in [0.2, 0.25) is 5.91 Å². The van der Waals surface area contributed by atoms with Crippen molar-refractivity contribution in [2.45, 2.75) is 25.3 Å². The van der Waals surface area contributed by atoms with Gasteiger partial charge in [-0.15, -0.1) is 0 Å². The molecule has 100 valence electrons. The lowest BCUT2D eigenvalue weighted by atomic mass is 10.2. The number of carboxylic acid groups (broad SMARTS) is 1. The summed E-state index contributed by atoms with van der Waals surface area (Å²) in [5.41, 5.74) is 0. The highest BCUT2D eigenvalue weighted by atomic mass is 16.4. The summed E-state index contributed by atoms with van der Waals surface area (Å²) in [5.74, 6) is -1.16. The Hall–Kier alpha value is -1.79. The van der Waals surface area contributed by atoms with E-state index in [1.165, 1.54) is 9.80 Å². The maximum atomic E-state index is 12.2. The molecule has 0 aromatic heterocycles. The van der Waals surface area contributed by atoms with Crippen LogP contribution in [0.1, 0.15) is 19.3 Å². The van der Waals surface area contributed by atoms with Crippen LogP contribution in [0.3, 0.4) is 0 Å². The van der Waals surface area contributed by atoms with Crippen molar-refractivity contribution in [3.63, 3.8) is 0 Å². The largest absolute Gasteiger partial charge is 0.480 e. The molecule has 0 aromatic carbocycles. The van der Waals surface area contributed by atoms with Crippen LogP contribution < -0.4 is 5.32 Å². The molecule has 2 rings (SSSR count). The van der Waals surface area contributed by atoms with E-state index in [4.69, 9.17) is 5.11 Å². The van der Waals surface area contributed by atoms with E-state index in [1.54, 1.807) is 0 Å². The quantitative estimate of drug-likeness (QED) is 0.659. The SMILES string of the molecule is O=C1CN(C(=O)N2CCC[C@@H]2C(=O)O)CCCN1. The molecule has 0 unspecified atom stereocenters. The summed E-state index contributed by atoms with van der Waals surface area (Å²) < 4.78 is 0. The minimum absolute atomic E-state index is 0.0155. The van der Waals surface area contributed by atoms with Crippen molar-refractivity contribution in [3.05, 3.63) is 0 Å². The minimum atomic E-state index is -0.972. The van der Waals surface area contributed by atoms with Crippen LogP contribution in [0.2, 0.25) is 0 Å². The molecular formula is C11H17N3O4. The third-order valence-electron chi connectivity index (χ3n) is 3.32. The van der Waals surface area contributed by atoms with Crippen molar-refractivity contribution in [2.75, 3.05) is 26.2 Å². The lowest BCUT2D eigenvalue weighted by Crippen LogP contribution is -2.49. The molecule has 3 amide bonds. The van der Waals surface area contributed by atoms with E-state index < -0.39 is 12.0 Å². The number of hydrogen-bond donors (Lipinski definition) is 2. The van der Waals surface area contributed by atoms with E-state index in [0.29, 0.717) is 38.9 Å². The first-order valence-corrected chi connectivity index (χ1v) is 6.14. The van der Waals surface area contributed by atoms with Crippen molar-refractivity contribution in [1.29, 1.82) is 0 Å². The molecule has 18 heavy (non-hydrogen) atoms. The van der Waals surface area contributed by atoms with Gasteiger partial charge in [0.1, 0.15) is 12.6 Å². The summed E-state index contributed by atoms with van der Waals surface area (Å²) in [7, 11) is 0. The molecule has 2 heterocycles. The maximum absolute atomic E-state index is 12.2. The fourth-order valence-electron chi connectivity index (χ4n) is 2.40. The van der Waals surface area contributed by atoms with Crippen molar-refractivity contribution in [3.8, 4) is 0 Å². The topological polar surface area (TPSA) is 90.0 Å². The Balaban J connectivity index is 2.05. The molecule has 0 saturated carbocycles. The maximum Gasteiger partial charge on any atom is 0.326 e. The molecule has 0 spiro atoms. The Labute approximate surface area is 105 Å². The molecule has 2 aliphatic heterocycles. The number of rotatable bonds is 1. The van der Waals surface area contributed by atoms with Gasteiger partial charge < -0.3 is 20.2 Å². The zero-order valence-corrected chi connectivity index (χ0v) is 10.1. The molecule has 2 aliphatic rings. The second kappa shape index (κ2) is 5.24. The summed E-state index contributed by atoms with van der Waals surface area (Å²) in [5, 5.41) is 11.7. The molecule has 2 N–H and O–H groups in total. The third-order valence-corrected chi connectivity index (χ3v) is 3.32. The van der Waals surface area contributed by atoms with Crippen molar-refractivity contribution >= 4 is 17.9 Å². The molecule has 7 nitrogen and oxygen atoms in total. The lowest BCUT2D eigenvalue weighted by molar-refractivity contribution is -0.141. The second-order valence-electron chi connectivity index (χ2n) is 4.60. The monoisotopic (exact) mass is 255 g/mol. The van der Waals surface area contributed by atoms with Gasteiger partial charge in [0.15, 0.2) is 0 Å². The summed E-state index contributed by atoms with van der Waals surface area (Å²) in [6.45, 7) is 1.51. The van der Waals surface area contributed by atoms with Gasteiger partial charge in [-0.25, -0.2) is 9.59 Å². The second-order valence-corrected chi connectivity index (χ2v) is 4.60. The summed E-state index contributed by atoms with van der Waals surface area (Å²) in [6.07, 6.45) is 1.88. The Morgan fingerprint density at radius 2 is 2.06 bits per heavy atom. The van der Waals surface area contributed by atoms with E-state index in [9.17, 15) is 14.4 Å². The standard InChI is InChI=1S/C11H17N3O4/c15-9-7-13(5-2-4-12-9)11(18)14-6-1-3-8(14)10(16)17/h8H,1-7H2,(H,12,15)(H,16,17)/t8-/m1/s1. The average Bonchev–Trinajstić information content (AvgIpc) is 2.72. The van der Waals surface area contributed by atoms with Crippen molar-refractivity contribution < 1.29 is 19.5 Å². The van der Waals surface area contributed by atoms with Crippen LogP contribution >= 0.6 is 0 Å². The number of amides is 3. The smallest absolute Gasteiger partial charge is 0.326 e. The van der Waals surface area contributed by atoms with E-state index >= 15 is 0 Å². The first-order chi connectivity index (χ1) is 8.59. The fourth-order valence-corrected chi connectivity index (χ4v) is 2.40. The van der Waals surface area contributed by atoms with E-state index in [-0.39, 0.29) is 18.5 Å². The molecule has 0 radical (unpaired) electrons. The number of likely N-dealkylation sites (tertiary alicyclic amines) is 1. The molecule has 0 aliphatic carbocycles. The van der Waals surface area contributed by atoms with E-state index in [2.05, 4.69) is 5.32 Å². The normalized spacial score (nSPS) is 24.7. The number of carboxylic acids is 1. The summed E-state index contributed by atoms with van der Waals surface area (Å²) >= 11 is 0. The van der Waals surface area contributed by atoms with Crippen LogP contribution in [-0.2, 0) is 9.59 Å². The molecule has 2 fully saturated rings. The van der Waals surface area contributed by atoms with Gasteiger partial charge >= 0.3 is 12.0 Å². The first-order valence-electron chi connectivity index (χ1n) is 6.14. The van der Waals surface area contributed by atoms with Gasteiger partial charge in [0.05, 0.1) is 0 Å². The summed E-state index contributed by atoms with van der Waals surface area (Å²) in [6, 6.07) is -1.08. The van der Waals surface area contributed by atoms with Crippen molar-refractivity contribution in [1.82, 2.24) is 15.1 Å². The van der Waals surface area contributed by atoms with Crippen LogP contribution in [0.25, 0.3) is 0 Å². The molecular weight excluding hydrogens is 238 g/mol. The number of aliphatic carboxylic acids is 1. The van der Waals surface area contributed by atoms with Gasteiger partial charge in [-0.2, -0.15) is 0 Å². The lowest BCUT2D eigenvalue weighted by Gasteiger charge is -2.28. The molecule has 0 aromatic rings. The van der Waals surface area contributed by atoms with E-state index in [0.717, 1.165) is 0 Å². The Bertz CT molecular complexity index is 371. The van der Waals surface area contributed by atoms with Crippen LogP contribution in [0.15, 0.2) is 0 Å². The number of carbonyl (C=O) groups is 3. The average molecular weight is 255 g/mol. The highest BCUT2D eigenvalue weighted by Crippen LogP contribution is 2.19. The molecule has 1 atom stereocenters. The number of hydrogen-bond acceptors (Lipinski definition) is 3. The molecule has 7 heteroatoms. The van der Waals surface area contributed by atoms with Gasteiger partial charge in [-0.05, 0) is 19.3 Å². The van der Waals surface area contributed by atoms with Crippen LogP contribution in [0, 0.1) is 0 Å². The molecule has 0 bridgehead atoms. The fraction of sp³-hybridized carbons (Fsp3) is 0.727. The predicted molar refractivity (Wildman–Crippen MR) is 62.0 cm³/mol. The van der Waals surface area contributed by atoms with Gasteiger partial charge in [0.25, 0.3) is 0 Å². The zero-order valence-electron chi connectivity index (χ0n) is 10.1. The first kappa shape index (κ1) is 12.7. The predicted octanol–water partition coefficient (Wildman–Crippen LogP) is -0.523. The Kier molecular flexibility index (Phi) is 3.69. The highest BCUT2D eigenvalue weighted by molar-refractivity contribution is 5.87. The van der Waals surface area contributed by atoms with Crippen molar-refractivity contribution in [2.24, 2.45) is 0 Å². The van der Waals surface area contributed by atoms with Crippen LogP contribution in [-0.4, -0.2) is 65.0 Å². The Morgan fingerprint density at radius 3 is 2.78 bits per heavy atom. The van der Waals surface area contributed by atoms with Crippen LogP contribution in [0.4, 0.5) is 4.79 Å². The highest BCUT2D eigenvalue weighted by Gasteiger charge is 2.36. The minimum Gasteiger partial charge on any atom is -0.480 e. The number of nitrogens with zero attached hydrogens (tertiary/aromatic N) is 2. The van der Waals surface area contributed by atoms with Gasteiger partial charge in [0, 0.05) is 19.6 Å². The Morgan fingerprint density at radius 1 is 1.28 bits per heavy atom. The number of nitrogens with one attached hydrogen (secondary N) is 1. The molecule has 2 saturated heterocycles. The van der Waals surface area contributed by atoms with Crippen LogP contribution in [0.5, 0.6) is 0 Å². The zero-order chi connectivity index (χ0) is 13.1. The third kappa shape index (κ3) is 2.55.